The number of carbonyl (C=O) groups is 1. The van der Waals surface area contributed by atoms with Gasteiger partial charge in [0.15, 0.2) is 0 Å². The molecule has 0 aliphatic carbocycles. The van der Waals surface area contributed by atoms with E-state index in [4.69, 9.17) is 0 Å². The lowest BCUT2D eigenvalue weighted by atomic mass is 9.89. The number of aromatic nitrogens is 2. The van der Waals surface area contributed by atoms with Crippen LogP contribution in [0, 0.1) is 0 Å². The van der Waals surface area contributed by atoms with Crippen LogP contribution in [0.5, 0.6) is 0 Å². The van der Waals surface area contributed by atoms with Gasteiger partial charge in [-0.2, -0.15) is 0 Å². The number of hydrogen-bond acceptors (Lipinski definition) is 2. The standard InChI is InChI=1S/C20H24N4O/c1-23-10-7-14(8-11-23)17-13-21-18-6-5-15(12-16(17)18)22-20(25)19-4-3-9-24(19)2/h3-6,9,12-14,21H,7-8,10-11H2,1-2H3,(H,22,25). The molecule has 0 atom stereocenters. The Morgan fingerprint density at radius 3 is 2.72 bits per heavy atom. The van der Waals surface area contributed by atoms with E-state index in [9.17, 15) is 4.79 Å². The van der Waals surface area contributed by atoms with Gasteiger partial charge in [-0.15, -0.1) is 0 Å². The molecule has 1 aliphatic heterocycles. The largest absolute Gasteiger partial charge is 0.361 e. The van der Waals surface area contributed by atoms with E-state index >= 15 is 0 Å². The highest BCUT2D eigenvalue weighted by Gasteiger charge is 2.21. The van der Waals surface area contributed by atoms with Crippen LogP contribution in [0.4, 0.5) is 5.69 Å². The van der Waals surface area contributed by atoms with Crippen molar-refractivity contribution in [3.63, 3.8) is 0 Å². The minimum Gasteiger partial charge on any atom is -0.361 e. The lowest BCUT2D eigenvalue weighted by Crippen LogP contribution is -2.29. The molecule has 1 fully saturated rings. The van der Waals surface area contributed by atoms with Crippen LogP contribution in [-0.4, -0.2) is 40.5 Å². The molecular formula is C20H24N4O. The lowest BCUT2D eigenvalue weighted by Gasteiger charge is -2.28. The fraction of sp³-hybridized carbons (Fsp3) is 0.350. The molecule has 1 aliphatic rings. The van der Waals surface area contributed by atoms with Gasteiger partial charge in [-0.25, -0.2) is 0 Å². The van der Waals surface area contributed by atoms with Crippen LogP contribution < -0.4 is 5.32 Å². The summed E-state index contributed by atoms with van der Waals surface area (Å²) in [6.45, 7) is 2.28. The van der Waals surface area contributed by atoms with Gasteiger partial charge in [0, 0.05) is 36.0 Å². The number of likely N-dealkylation sites (tertiary alicyclic amines) is 1. The van der Waals surface area contributed by atoms with Crippen LogP contribution in [0.25, 0.3) is 10.9 Å². The summed E-state index contributed by atoms with van der Waals surface area (Å²) in [5.41, 5.74) is 4.00. The minimum atomic E-state index is -0.0803. The number of benzene rings is 1. The summed E-state index contributed by atoms with van der Waals surface area (Å²) in [5.74, 6) is 0.506. The SMILES string of the molecule is CN1CCC(c2c[nH]c3ccc(NC(=O)c4cccn4C)cc23)CC1. The second-order valence-electron chi connectivity index (χ2n) is 7.04. The van der Waals surface area contributed by atoms with Crippen molar-refractivity contribution in [1.29, 1.82) is 0 Å². The number of H-pyrrole nitrogens is 1. The average molecular weight is 336 g/mol. The van der Waals surface area contributed by atoms with Gasteiger partial charge < -0.3 is 19.8 Å². The van der Waals surface area contributed by atoms with Crippen LogP contribution in [0.2, 0.25) is 0 Å². The molecule has 1 aromatic carbocycles. The first-order chi connectivity index (χ1) is 12.1. The summed E-state index contributed by atoms with van der Waals surface area (Å²) >= 11 is 0. The molecule has 2 N–H and O–H groups in total. The van der Waals surface area contributed by atoms with E-state index in [1.165, 1.54) is 23.8 Å². The Labute approximate surface area is 147 Å². The molecule has 5 nitrogen and oxygen atoms in total. The van der Waals surface area contributed by atoms with Crippen molar-refractivity contribution in [2.24, 2.45) is 7.05 Å². The Hall–Kier alpha value is -2.53. The van der Waals surface area contributed by atoms with E-state index in [0.717, 1.165) is 24.3 Å². The number of amides is 1. The lowest BCUT2D eigenvalue weighted by molar-refractivity contribution is 0.101. The number of anilines is 1. The molecule has 4 rings (SSSR count). The number of rotatable bonds is 3. The summed E-state index contributed by atoms with van der Waals surface area (Å²) in [6.07, 6.45) is 6.39. The van der Waals surface area contributed by atoms with Crippen molar-refractivity contribution >= 4 is 22.5 Å². The third-order valence-electron chi connectivity index (χ3n) is 5.31. The van der Waals surface area contributed by atoms with E-state index in [1.54, 1.807) is 0 Å². The van der Waals surface area contributed by atoms with Crippen LogP contribution in [-0.2, 0) is 7.05 Å². The van der Waals surface area contributed by atoms with Crippen molar-refractivity contribution in [1.82, 2.24) is 14.5 Å². The van der Waals surface area contributed by atoms with Crippen LogP contribution in [0.3, 0.4) is 0 Å². The second kappa shape index (κ2) is 6.41. The van der Waals surface area contributed by atoms with Gasteiger partial charge in [0.1, 0.15) is 5.69 Å². The molecule has 0 saturated carbocycles. The summed E-state index contributed by atoms with van der Waals surface area (Å²) in [4.78, 5) is 18.2. The van der Waals surface area contributed by atoms with Crippen LogP contribution >= 0.6 is 0 Å². The van der Waals surface area contributed by atoms with Crippen molar-refractivity contribution in [3.05, 3.63) is 54.0 Å². The zero-order valence-electron chi connectivity index (χ0n) is 14.7. The maximum Gasteiger partial charge on any atom is 0.272 e. The Kier molecular flexibility index (Phi) is 4.09. The number of hydrogen-bond donors (Lipinski definition) is 2. The summed E-state index contributed by atoms with van der Waals surface area (Å²) < 4.78 is 1.83. The molecule has 0 spiro atoms. The Balaban J connectivity index is 1.60. The number of aryl methyl sites for hydroxylation is 1. The Bertz CT molecular complexity index is 899. The molecule has 1 amide bonds. The maximum absolute atomic E-state index is 12.4. The second-order valence-corrected chi connectivity index (χ2v) is 7.04. The highest BCUT2D eigenvalue weighted by molar-refractivity contribution is 6.04. The number of carbonyl (C=O) groups excluding carboxylic acids is 1. The fourth-order valence-electron chi connectivity index (χ4n) is 3.77. The molecule has 5 heteroatoms. The zero-order chi connectivity index (χ0) is 17.4. The molecule has 0 unspecified atom stereocenters. The van der Waals surface area contributed by atoms with Gasteiger partial charge in [-0.1, -0.05) is 0 Å². The average Bonchev–Trinajstić information content (AvgIpc) is 3.21. The third-order valence-corrected chi connectivity index (χ3v) is 5.31. The van der Waals surface area contributed by atoms with E-state index in [-0.39, 0.29) is 5.91 Å². The fourth-order valence-corrected chi connectivity index (χ4v) is 3.77. The monoisotopic (exact) mass is 336 g/mol. The molecule has 25 heavy (non-hydrogen) atoms. The zero-order valence-corrected chi connectivity index (χ0v) is 14.7. The summed E-state index contributed by atoms with van der Waals surface area (Å²) in [5, 5.41) is 4.24. The highest BCUT2D eigenvalue weighted by Crippen LogP contribution is 2.34. The van der Waals surface area contributed by atoms with Crippen molar-refractivity contribution in [2.75, 3.05) is 25.5 Å². The number of aromatic amines is 1. The third kappa shape index (κ3) is 3.07. The van der Waals surface area contributed by atoms with E-state index in [1.807, 2.05) is 42.1 Å². The number of fused-ring (bicyclic) bond motifs is 1. The van der Waals surface area contributed by atoms with E-state index < -0.39 is 0 Å². The quantitative estimate of drug-likeness (QED) is 0.768. The predicted octanol–water partition coefficient (Wildman–Crippen LogP) is 3.57. The first-order valence-corrected chi connectivity index (χ1v) is 8.84. The Morgan fingerprint density at radius 1 is 1.20 bits per heavy atom. The number of nitrogens with zero attached hydrogens (tertiary/aromatic N) is 2. The maximum atomic E-state index is 12.4. The summed E-state index contributed by atoms with van der Waals surface area (Å²) in [6, 6.07) is 9.81. The molecular weight excluding hydrogens is 312 g/mol. The van der Waals surface area contributed by atoms with E-state index in [2.05, 4.69) is 34.5 Å². The van der Waals surface area contributed by atoms with Crippen molar-refractivity contribution in [2.45, 2.75) is 18.8 Å². The number of nitrogens with one attached hydrogen (secondary N) is 2. The molecule has 0 radical (unpaired) electrons. The van der Waals surface area contributed by atoms with Gasteiger partial charge >= 0.3 is 0 Å². The van der Waals surface area contributed by atoms with Crippen LogP contribution in [0.15, 0.2) is 42.7 Å². The molecule has 3 heterocycles. The van der Waals surface area contributed by atoms with E-state index in [0.29, 0.717) is 11.6 Å². The van der Waals surface area contributed by atoms with Gasteiger partial charge in [0.2, 0.25) is 0 Å². The van der Waals surface area contributed by atoms with Crippen LogP contribution in [0.1, 0.15) is 34.8 Å². The normalized spacial score (nSPS) is 16.4. The molecule has 3 aromatic rings. The molecule has 2 aromatic heterocycles. The highest BCUT2D eigenvalue weighted by atomic mass is 16.1. The van der Waals surface area contributed by atoms with Gasteiger partial charge in [-0.3, -0.25) is 4.79 Å². The molecule has 1 saturated heterocycles. The van der Waals surface area contributed by atoms with Crippen molar-refractivity contribution in [3.8, 4) is 0 Å². The Morgan fingerprint density at radius 2 is 2.00 bits per heavy atom. The molecule has 130 valence electrons. The first kappa shape index (κ1) is 16.0. The predicted molar refractivity (Wildman–Crippen MR) is 101 cm³/mol. The van der Waals surface area contributed by atoms with Gasteiger partial charge in [0.05, 0.1) is 0 Å². The van der Waals surface area contributed by atoms with Gasteiger partial charge in [-0.05, 0) is 74.8 Å². The topological polar surface area (TPSA) is 53.1 Å². The molecule has 0 bridgehead atoms. The smallest absolute Gasteiger partial charge is 0.272 e. The minimum absolute atomic E-state index is 0.0803. The van der Waals surface area contributed by atoms with Gasteiger partial charge in [0.25, 0.3) is 5.91 Å². The number of piperidine rings is 1. The first-order valence-electron chi connectivity index (χ1n) is 8.84. The summed E-state index contributed by atoms with van der Waals surface area (Å²) in [7, 11) is 4.06. The van der Waals surface area contributed by atoms with Crippen molar-refractivity contribution < 1.29 is 4.79 Å².